The molecule has 0 atom stereocenters. The molecule has 33 heavy (non-hydrogen) atoms. The van der Waals surface area contributed by atoms with Gasteiger partial charge in [-0.1, -0.05) is 0 Å². The summed E-state index contributed by atoms with van der Waals surface area (Å²) in [6.45, 7) is 10.8. The average Bonchev–Trinajstić information content (AvgIpc) is 2.97. The van der Waals surface area contributed by atoms with E-state index in [1.165, 1.54) is 24.1 Å². The van der Waals surface area contributed by atoms with Crippen LogP contribution in [0.15, 0.2) is 12.3 Å². The summed E-state index contributed by atoms with van der Waals surface area (Å²) in [4.78, 5) is 15.3. The molecule has 9 heteroatoms. The van der Waals surface area contributed by atoms with E-state index in [1.807, 2.05) is 17.8 Å². The lowest BCUT2D eigenvalue weighted by Crippen LogP contribution is -2.39. The highest BCUT2D eigenvalue weighted by Gasteiger charge is 2.25. The average molecular weight is 461 g/mol. The third-order valence-corrected chi connectivity index (χ3v) is 6.32. The molecule has 1 N–H and O–H groups in total. The number of rotatable bonds is 6. The minimum absolute atomic E-state index is 0.250. The third-order valence-electron chi connectivity index (χ3n) is 6.32. The summed E-state index contributed by atoms with van der Waals surface area (Å²) in [7, 11) is 1.64. The van der Waals surface area contributed by atoms with Crippen LogP contribution in [0, 0.1) is 12.8 Å². The Balaban J connectivity index is 0.000000968. The van der Waals surface area contributed by atoms with Crippen LogP contribution < -0.4 is 9.47 Å². The Kier molecular flexibility index (Phi) is 9.08. The SMILES string of the molecule is COc1ncc(-n2nc(OCC3CCN(C(C)C)CC3)c3c2CCOCC3)cc1C.O=CO. The Labute approximate surface area is 195 Å². The minimum atomic E-state index is -0.250. The van der Waals surface area contributed by atoms with Gasteiger partial charge in [0.25, 0.3) is 6.47 Å². The fourth-order valence-electron chi connectivity index (χ4n) is 4.46. The van der Waals surface area contributed by atoms with E-state index in [0.29, 0.717) is 31.1 Å². The van der Waals surface area contributed by atoms with Crippen molar-refractivity contribution in [2.75, 3.05) is 40.0 Å². The third kappa shape index (κ3) is 6.23. The fourth-order valence-corrected chi connectivity index (χ4v) is 4.46. The van der Waals surface area contributed by atoms with Crippen molar-refractivity contribution in [1.29, 1.82) is 0 Å². The van der Waals surface area contributed by atoms with Crippen LogP contribution in [0.1, 0.15) is 43.5 Å². The monoisotopic (exact) mass is 460 g/mol. The molecule has 4 heterocycles. The van der Waals surface area contributed by atoms with Crippen LogP contribution in [-0.2, 0) is 22.4 Å². The van der Waals surface area contributed by atoms with Crippen LogP contribution in [-0.4, -0.2) is 77.3 Å². The molecule has 0 bridgehead atoms. The molecule has 0 unspecified atom stereocenters. The first kappa shape index (κ1) is 25.0. The second-order valence-corrected chi connectivity index (χ2v) is 8.76. The number of carbonyl (C=O) groups is 1. The summed E-state index contributed by atoms with van der Waals surface area (Å²) in [5.74, 6) is 1.99. The van der Waals surface area contributed by atoms with Crippen LogP contribution >= 0.6 is 0 Å². The van der Waals surface area contributed by atoms with Crippen molar-refractivity contribution >= 4 is 6.47 Å². The first-order chi connectivity index (χ1) is 16.0. The van der Waals surface area contributed by atoms with Gasteiger partial charge < -0.3 is 24.2 Å². The van der Waals surface area contributed by atoms with Crippen LogP contribution in [0.4, 0.5) is 0 Å². The molecule has 0 aromatic carbocycles. The van der Waals surface area contributed by atoms with Gasteiger partial charge in [-0.25, -0.2) is 9.67 Å². The molecule has 1 fully saturated rings. The van der Waals surface area contributed by atoms with E-state index < -0.39 is 0 Å². The predicted octanol–water partition coefficient (Wildman–Crippen LogP) is 2.90. The largest absolute Gasteiger partial charge is 0.483 e. The van der Waals surface area contributed by atoms with E-state index in [1.54, 1.807) is 7.11 Å². The molecular weight excluding hydrogens is 424 g/mol. The van der Waals surface area contributed by atoms with Crippen LogP contribution in [0.3, 0.4) is 0 Å². The zero-order chi connectivity index (χ0) is 23.8. The van der Waals surface area contributed by atoms with Gasteiger partial charge in [-0.3, -0.25) is 4.79 Å². The number of methoxy groups -OCH3 is 1. The second-order valence-electron chi connectivity index (χ2n) is 8.76. The van der Waals surface area contributed by atoms with Crippen molar-refractivity contribution in [1.82, 2.24) is 19.7 Å². The molecule has 2 aliphatic rings. The van der Waals surface area contributed by atoms with Gasteiger partial charge in [0.15, 0.2) is 0 Å². The molecular formula is C24H36N4O5. The number of aryl methyl sites for hydroxylation is 1. The summed E-state index contributed by atoms with van der Waals surface area (Å²) in [5, 5.41) is 11.8. The van der Waals surface area contributed by atoms with Gasteiger partial charge in [0, 0.05) is 30.0 Å². The highest BCUT2D eigenvalue weighted by atomic mass is 16.5. The van der Waals surface area contributed by atoms with Gasteiger partial charge in [-0.15, -0.1) is 5.10 Å². The van der Waals surface area contributed by atoms with E-state index in [4.69, 9.17) is 29.2 Å². The lowest BCUT2D eigenvalue weighted by molar-refractivity contribution is -0.122. The van der Waals surface area contributed by atoms with Gasteiger partial charge in [0.1, 0.15) is 0 Å². The van der Waals surface area contributed by atoms with Crippen molar-refractivity contribution in [3.63, 3.8) is 0 Å². The number of aromatic nitrogens is 3. The van der Waals surface area contributed by atoms with Gasteiger partial charge in [0.05, 0.1) is 44.5 Å². The molecule has 4 rings (SSSR count). The van der Waals surface area contributed by atoms with Gasteiger partial charge in [0.2, 0.25) is 11.8 Å². The maximum Gasteiger partial charge on any atom is 0.290 e. The molecule has 0 spiro atoms. The smallest absolute Gasteiger partial charge is 0.290 e. The van der Waals surface area contributed by atoms with E-state index in [9.17, 15) is 0 Å². The number of hydrogen-bond acceptors (Lipinski definition) is 7. The molecule has 0 amide bonds. The Hall–Kier alpha value is -2.65. The fraction of sp³-hybridized carbons (Fsp3) is 0.625. The number of carboxylic acid groups (broad SMARTS) is 1. The lowest BCUT2D eigenvalue weighted by atomic mass is 9.97. The van der Waals surface area contributed by atoms with Crippen molar-refractivity contribution in [2.45, 2.75) is 52.5 Å². The van der Waals surface area contributed by atoms with Crippen molar-refractivity contribution < 1.29 is 24.1 Å². The number of fused-ring (bicyclic) bond motifs is 1. The number of likely N-dealkylation sites (tertiary alicyclic amines) is 1. The zero-order valence-corrected chi connectivity index (χ0v) is 20.1. The zero-order valence-electron chi connectivity index (χ0n) is 20.1. The maximum absolute atomic E-state index is 8.36. The van der Waals surface area contributed by atoms with Crippen molar-refractivity contribution in [3.8, 4) is 17.4 Å². The molecule has 0 radical (unpaired) electrons. The molecule has 0 saturated carbocycles. The van der Waals surface area contributed by atoms with E-state index >= 15 is 0 Å². The van der Waals surface area contributed by atoms with E-state index in [0.717, 1.165) is 49.7 Å². The summed E-state index contributed by atoms with van der Waals surface area (Å²) in [5.41, 5.74) is 4.28. The number of piperidine rings is 1. The number of hydrogen-bond donors (Lipinski definition) is 1. The second kappa shape index (κ2) is 12.0. The maximum atomic E-state index is 8.36. The summed E-state index contributed by atoms with van der Waals surface area (Å²) in [6, 6.07) is 2.69. The molecule has 2 aromatic heterocycles. The number of pyridine rings is 1. The number of nitrogens with zero attached hydrogens (tertiary/aromatic N) is 4. The van der Waals surface area contributed by atoms with Crippen LogP contribution in [0.2, 0.25) is 0 Å². The molecule has 1 saturated heterocycles. The first-order valence-electron chi connectivity index (χ1n) is 11.6. The molecule has 0 aliphatic carbocycles. The van der Waals surface area contributed by atoms with E-state index in [2.05, 4.69) is 29.8 Å². The molecule has 2 aromatic rings. The lowest BCUT2D eigenvalue weighted by Gasteiger charge is -2.34. The Morgan fingerprint density at radius 3 is 2.58 bits per heavy atom. The quantitative estimate of drug-likeness (QED) is 0.657. The molecule has 9 nitrogen and oxygen atoms in total. The first-order valence-corrected chi connectivity index (χ1v) is 11.6. The topological polar surface area (TPSA) is 98.9 Å². The van der Waals surface area contributed by atoms with Crippen LogP contribution in [0.5, 0.6) is 11.8 Å². The van der Waals surface area contributed by atoms with E-state index in [-0.39, 0.29) is 6.47 Å². The van der Waals surface area contributed by atoms with Crippen molar-refractivity contribution in [3.05, 3.63) is 29.1 Å². The highest BCUT2D eigenvalue weighted by molar-refractivity contribution is 5.43. The van der Waals surface area contributed by atoms with Crippen LogP contribution in [0.25, 0.3) is 5.69 Å². The number of ether oxygens (including phenoxy) is 3. The Morgan fingerprint density at radius 2 is 1.94 bits per heavy atom. The van der Waals surface area contributed by atoms with Crippen molar-refractivity contribution in [2.24, 2.45) is 5.92 Å². The Morgan fingerprint density at radius 1 is 1.24 bits per heavy atom. The standard InChI is InChI=1S/C23H34N4O3.CH2O2/c1-16(2)26-9-5-18(6-10-26)15-30-23-20-7-11-29-12-8-21(20)27(25-23)19-13-17(3)22(28-4)24-14-19;2-1-3/h13-14,16,18H,5-12,15H2,1-4H3;1H,(H,2,3). The summed E-state index contributed by atoms with van der Waals surface area (Å²) >= 11 is 0. The normalized spacial score (nSPS) is 17.0. The highest BCUT2D eigenvalue weighted by Crippen LogP contribution is 2.30. The molecule has 2 aliphatic heterocycles. The van der Waals surface area contributed by atoms with Gasteiger partial charge in [-0.2, -0.15) is 0 Å². The molecule has 182 valence electrons. The summed E-state index contributed by atoms with van der Waals surface area (Å²) < 4.78 is 19.4. The Bertz CT molecular complexity index is 906. The van der Waals surface area contributed by atoms with Gasteiger partial charge >= 0.3 is 0 Å². The minimum Gasteiger partial charge on any atom is -0.483 e. The van der Waals surface area contributed by atoms with Gasteiger partial charge in [-0.05, 0) is 58.7 Å². The summed E-state index contributed by atoms with van der Waals surface area (Å²) in [6.07, 6.45) is 5.84. The predicted molar refractivity (Wildman–Crippen MR) is 124 cm³/mol.